The maximum absolute atomic E-state index is 12.4. The summed E-state index contributed by atoms with van der Waals surface area (Å²) in [5.41, 5.74) is 0. The Balaban J connectivity index is 1.42. The number of esters is 1. The summed E-state index contributed by atoms with van der Waals surface area (Å²) in [5, 5.41) is 0. The molecule has 2 atom stereocenters. The minimum atomic E-state index is -0.234. The van der Waals surface area contributed by atoms with Crippen molar-refractivity contribution in [1.29, 1.82) is 0 Å². The molecule has 2 aliphatic rings. The van der Waals surface area contributed by atoms with Gasteiger partial charge in [-0.25, -0.2) is 0 Å². The van der Waals surface area contributed by atoms with Gasteiger partial charge in [-0.15, -0.1) is 0 Å². The first-order valence-corrected chi connectivity index (χ1v) is 12.3. The quantitative estimate of drug-likeness (QED) is 0.142. The molecule has 30 heavy (non-hydrogen) atoms. The van der Waals surface area contributed by atoms with Crippen LogP contribution in [0.2, 0.25) is 0 Å². The minimum absolute atomic E-state index is 0.00489. The summed E-state index contributed by atoms with van der Waals surface area (Å²) >= 11 is 0. The molecule has 0 spiro atoms. The zero-order chi connectivity index (χ0) is 21.6. The molecule has 5 heteroatoms. The number of fused-ring (bicyclic) bond motifs is 1. The predicted molar refractivity (Wildman–Crippen MR) is 119 cm³/mol. The fraction of sp³-hybridized carbons (Fsp3) is 0.800. The molecule has 0 aromatic carbocycles. The van der Waals surface area contributed by atoms with Crippen LogP contribution >= 0.6 is 0 Å². The lowest BCUT2D eigenvalue weighted by molar-refractivity contribution is -0.144. The van der Waals surface area contributed by atoms with Crippen molar-refractivity contribution in [3.05, 3.63) is 12.2 Å². The molecule has 0 bridgehead atoms. The number of ether oxygens (including phenoxy) is 1. The van der Waals surface area contributed by atoms with Gasteiger partial charge in [0.25, 0.3) is 0 Å². The summed E-state index contributed by atoms with van der Waals surface area (Å²) in [7, 11) is 0. The van der Waals surface area contributed by atoms with Gasteiger partial charge in [0.05, 0.1) is 18.4 Å². The van der Waals surface area contributed by atoms with Gasteiger partial charge in [-0.1, -0.05) is 76.9 Å². The Morgan fingerprint density at radius 1 is 0.933 bits per heavy atom. The molecule has 5 nitrogen and oxygen atoms in total. The van der Waals surface area contributed by atoms with E-state index >= 15 is 0 Å². The Morgan fingerprint density at radius 2 is 1.60 bits per heavy atom. The van der Waals surface area contributed by atoms with Crippen molar-refractivity contribution < 1.29 is 19.1 Å². The number of imide groups is 1. The summed E-state index contributed by atoms with van der Waals surface area (Å²) in [6, 6.07) is 0. The van der Waals surface area contributed by atoms with E-state index < -0.39 is 0 Å². The van der Waals surface area contributed by atoms with Crippen LogP contribution < -0.4 is 0 Å². The topological polar surface area (TPSA) is 63.7 Å². The number of rotatable bonds is 16. The van der Waals surface area contributed by atoms with E-state index in [2.05, 4.69) is 6.92 Å². The molecule has 2 unspecified atom stereocenters. The number of hydrogen-bond acceptors (Lipinski definition) is 4. The molecule has 2 amide bonds. The van der Waals surface area contributed by atoms with E-state index in [0.717, 1.165) is 44.9 Å². The fourth-order valence-corrected chi connectivity index (χ4v) is 4.46. The molecular formula is C25H41NO4. The number of nitrogens with zero attached hydrogens (tertiary/aromatic N) is 1. The zero-order valence-corrected chi connectivity index (χ0v) is 18.9. The fourth-order valence-electron chi connectivity index (χ4n) is 4.46. The molecular weight excluding hydrogens is 378 g/mol. The second-order valence-corrected chi connectivity index (χ2v) is 8.83. The number of hydrogen-bond donors (Lipinski definition) is 0. The van der Waals surface area contributed by atoms with E-state index in [9.17, 15) is 14.4 Å². The van der Waals surface area contributed by atoms with Gasteiger partial charge in [-0.3, -0.25) is 19.3 Å². The third-order valence-electron chi connectivity index (χ3n) is 6.33. The van der Waals surface area contributed by atoms with E-state index in [1.54, 1.807) is 0 Å². The lowest BCUT2D eigenvalue weighted by atomic mass is 9.86. The molecule has 1 aliphatic carbocycles. The molecule has 0 aromatic heterocycles. The van der Waals surface area contributed by atoms with Crippen LogP contribution in [0.25, 0.3) is 0 Å². The molecule has 1 fully saturated rings. The van der Waals surface area contributed by atoms with Crippen LogP contribution in [0.4, 0.5) is 0 Å². The van der Waals surface area contributed by atoms with E-state index in [-0.39, 0.29) is 29.6 Å². The molecule has 0 aromatic rings. The molecule has 0 radical (unpaired) electrons. The Hall–Kier alpha value is -1.65. The van der Waals surface area contributed by atoms with E-state index in [1.165, 1.54) is 49.8 Å². The standard InChI is InChI=1S/C25H41NO4/c1-2-3-4-5-6-7-8-9-15-20-30-23(27)18-11-10-14-19-26-24(28)21-16-12-13-17-22(21)25(26)29/h12,16,21-22H,2-11,13-15,17-20H2,1H3. The summed E-state index contributed by atoms with van der Waals surface area (Å²) in [6.45, 7) is 3.25. The molecule has 170 valence electrons. The molecule has 2 rings (SSSR count). The maximum atomic E-state index is 12.4. The lowest BCUT2D eigenvalue weighted by Gasteiger charge is -2.14. The van der Waals surface area contributed by atoms with Crippen LogP contribution in [0.1, 0.15) is 103 Å². The molecule has 1 aliphatic heterocycles. The largest absolute Gasteiger partial charge is 0.466 e. The van der Waals surface area contributed by atoms with Crippen molar-refractivity contribution in [1.82, 2.24) is 4.90 Å². The van der Waals surface area contributed by atoms with Gasteiger partial charge >= 0.3 is 5.97 Å². The van der Waals surface area contributed by atoms with Crippen LogP contribution in [0, 0.1) is 11.8 Å². The van der Waals surface area contributed by atoms with Gasteiger partial charge in [-0.05, 0) is 32.1 Å². The van der Waals surface area contributed by atoms with Crippen LogP contribution in [0.15, 0.2) is 12.2 Å². The number of allylic oxidation sites excluding steroid dienone is 1. The van der Waals surface area contributed by atoms with Crippen molar-refractivity contribution in [3.63, 3.8) is 0 Å². The van der Waals surface area contributed by atoms with Gasteiger partial charge < -0.3 is 4.74 Å². The first-order chi connectivity index (χ1) is 14.6. The molecule has 0 N–H and O–H groups in total. The number of unbranched alkanes of at least 4 members (excludes halogenated alkanes) is 10. The molecule has 1 heterocycles. The van der Waals surface area contributed by atoms with E-state index in [1.807, 2.05) is 12.2 Å². The van der Waals surface area contributed by atoms with Crippen LogP contribution in [-0.2, 0) is 19.1 Å². The van der Waals surface area contributed by atoms with Crippen LogP contribution in [0.5, 0.6) is 0 Å². The van der Waals surface area contributed by atoms with Gasteiger partial charge in [0.15, 0.2) is 0 Å². The maximum Gasteiger partial charge on any atom is 0.305 e. The Labute approximate surface area is 182 Å². The summed E-state index contributed by atoms with van der Waals surface area (Å²) < 4.78 is 5.31. The van der Waals surface area contributed by atoms with Gasteiger partial charge in [-0.2, -0.15) is 0 Å². The predicted octanol–water partition coefficient (Wildman–Crippen LogP) is 5.57. The monoisotopic (exact) mass is 419 g/mol. The minimum Gasteiger partial charge on any atom is -0.466 e. The molecule has 1 saturated heterocycles. The highest BCUT2D eigenvalue weighted by Gasteiger charge is 2.46. The third kappa shape index (κ3) is 8.23. The highest BCUT2D eigenvalue weighted by atomic mass is 16.5. The SMILES string of the molecule is CCCCCCCCCCCOC(=O)CCCCCN1C(=O)C2C=CCCC2C1=O. The Morgan fingerprint density at radius 3 is 2.30 bits per heavy atom. The van der Waals surface area contributed by atoms with Gasteiger partial charge in [0, 0.05) is 13.0 Å². The first-order valence-electron chi connectivity index (χ1n) is 12.3. The van der Waals surface area contributed by atoms with Gasteiger partial charge in [0.2, 0.25) is 11.8 Å². The zero-order valence-electron chi connectivity index (χ0n) is 18.9. The average molecular weight is 420 g/mol. The Bertz CT molecular complexity index is 571. The number of carbonyl (C=O) groups excluding carboxylic acids is 3. The lowest BCUT2D eigenvalue weighted by Crippen LogP contribution is -2.32. The normalized spacial score (nSPS) is 20.6. The van der Waals surface area contributed by atoms with E-state index in [0.29, 0.717) is 19.6 Å². The number of likely N-dealkylation sites (tertiary alicyclic amines) is 1. The first kappa shape index (κ1) is 24.6. The van der Waals surface area contributed by atoms with Gasteiger partial charge in [0.1, 0.15) is 0 Å². The average Bonchev–Trinajstić information content (AvgIpc) is 3.00. The number of amides is 2. The summed E-state index contributed by atoms with van der Waals surface area (Å²) in [6.07, 6.45) is 19.6. The molecule has 0 saturated carbocycles. The van der Waals surface area contributed by atoms with E-state index in [4.69, 9.17) is 4.74 Å². The summed E-state index contributed by atoms with van der Waals surface area (Å²) in [5.74, 6) is -0.545. The van der Waals surface area contributed by atoms with Crippen LogP contribution in [0.3, 0.4) is 0 Å². The van der Waals surface area contributed by atoms with Crippen molar-refractivity contribution in [2.24, 2.45) is 11.8 Å². The Kier molecular flexibility index (Phi) is 11.8. The summed E-state index contributed by atoms with van der Waals surface area (Å²) in [4.78, 5) is 38.0. The van der Waals surface area contributed by atoms with Crippen molar-refractivity contribution in [2.75, 3.05) is 13.2 Å². The van der Waals surface area contributed by atoms with Crippen molar-refractivity contribution >= 4 is 17.8 Å². The second-order valence-electron chi connectivity index (χ2n) is 8.83. The number of carbonyl (C=O) groups is 3. The van der Waals surface area contributed by atoms with Crippen molar-refractivity contribution in [3.8, 4) is 0 Å². The van der Waals surface area contributed by atoms with Crippen molar-refractivity contribution in [2.45, 2.75) is 103 Å². The third-order valence-corrected chi connectivity index (χ3v) is 6.33. The smallest absolute Gasteiger partial charge is 0.305 e. The highest BCUT2D eigenvalue weighted by Crippen LogP contribution is 2.34. The van der Waals surface area contributed by atoms with Crippen LogP contribution in [-0.4, -0.2) is 35.8 Å². The highest BCUT2D eigenvalue weighted by molar-refractivity contribution is 6.06. The second kappa shape index (κ2) is 14.4.